The smallest absolute Gasteiger partial charge is 0.240 e. The molecule has 5 nitrogen and oxygen atoms in total. The third-order valence-electron chi connectivity index (χ3n) is 2.69. The molecule has 0 aliphatic rings. The number of hydrogen-bond donors (Lipinski definition) is 2. The van der Waals surface area contributed by atoms with Crippen LogP contribution in [-0.4, -0.2) is 33.0 Å². The molecule has 0 radical (unpaired) electrons. The molecule has 2 N–H and O–H groups in total. The number of halogens is 1. The Labute approximate surface area is 122 Å². The van der Waals surface area contributed by atoms with Crippen LogP contribution in [0.1, 0.15) is 6.92 Å². The summed E-state index contributed by atoms with van der Waals surface area (Å²) in [5.74, 6) is 0. The lowest BCUT2D eigenvalue weighted by atomic mass is 10.3. The fourth-order valence-corrected chi connectivity index (χ4v) is 3.37. The SMILES string of the molecule is CNC(C)CNS(=O)(=O)c1ccc2ncsc2c1.Cl. The average molecular weight is 322 g/mol. The minimum absolute atomic E-state index is 0. The molecule has 0 fully saturated rings. The molecule has 19 heavy (non-hydrogen) atoms. The van der Waals surface area contributed by atoms with Crippen molar-refractivity contribution < 1.29 is 8.42 Å². The number of aromatic nitrogens is 1. The van der Waals surface area contributed by atoms with E-state index in [1.54, 1.807) is 30.8 Å². The molecule has 0 spiro atoms. The number of likely N-dealkylation sites (N-methyl/N-ethyl adjacent to an activating group) is 1. The zero-order valence-electron chi connectivity index (χ0n) is 10.6. The second-order valence-electron chi connectivity index (χ2n) is 4.02. The van der Waals surface area contributed by atoms with Crippen LogP contribution in [0.4, 0.5) is 0 Å². The summed E-state index contributed by atoms with van der Waals surface area (Å²) in [6, 6.07) is 5.04. The first kappa shape index (κ1) is 16.3. The van der Waals surface area contributed by atoms with E-state index in [0.29, 0.717) is 6.54 Å². The predicted octanol–water partition coefficient (Wildman–Crippen LogP) is 1.60. The Hall–Kier alpha value is -0.730. The number of benzene rings is 1. The maximum Gasteiger partial charge on any atom is 0.240 e. The highest BCUT2D eigenvalue weighted by Gasteiger charge is 2.15. The van der Waals surface area contributed by atoms with Crippen LogP contribution in [0.3, 0.4) is 0 Å². The average Bonchev–Trinajstić information content (AvgIpc) is 2.83. The van der Waals surface area contributed by atoms with Crippen molar-refractivity contribution in [2.24, 2.45) is 0 Å². The van der Waals surface area contributed by atoms with Crippen molar-refractivity contribution >= 4 is 44.0 Å². The van der Waals surface area contributed by atoms with Crippen LogP contribution in [0.15, 0.2) is 28.6 Å². The quantitative estimate of drug-likeness (QED) is 0.877. The van der Waals surface area contributed by atoms with E-state index in [9.17, 15) is 8.42 Å². The molecule has 1 atom stereocenters. The van der Waals surface area contributed by atoms with E-state index in [0.717, 1.165) is 10.2 Å². The summed E-state index contributed by atoms with van der Waals surface area (Å²) in [4.78, 5) is 4.40. The van der Waals surface area contributed by atoms with Crippen molar-refractivity contribution in [2.45, 2.75) is 17.9 Å². The largest absolute Gasteiger partial charge is 0.316 e. The van der Waals surface area contributed by atoms with Crippen molar-refractivity contribution in [2.75, 3.05) is 13.6 Å². The van der Waals surface area contributed by atoms with Gasteiger partial charge in [-0.1, -0.05) is 0 Å². The third-order valence-corrected chi connectivity index (χ3v) is 4.90. The minimum Gasteiger partial charge on any atom is -0.316 e. The normalized spacial score (nSPS) is 13.2. The van der Waals surface area contributed by atoms with Crippen LogP contribution in [0.25, 0.3) is 10.2 Å². The number of sulfonamides is 1. The molecule has 2 aromatic rings. The van der Waals surface area contributed by atoms with E-state index in [2.05, 4.69) is 15.0 Å². The molecule has 2 rings (SSSR count). The van der Waals surface area contributed by atoms with Gasteiger partial charge in [0, 0.05) is 12.6 Å². The maximum atomic E-state index is 12.1. The van der Waals surface area contributed by atoms with Gasteiger partial charge in [0.15, 0.2) is 0 Å². The van der Waals surface area contributed by atoms with Gasteiger partial charge in [0.2, 0.25) is 10.0 Å². The maximum absolute atomic E-state index is 12.1. The summed E-state index contributed by atoms with van der Waals surface area (Å²) in [5, 5.41) is 2.98. The molecule has 0 bridgehead atoms. The molecule has 0 aliphatic heterocycles. The zero-order valence-corrected chi connectivity index (χ0v) is 13.0. The summed E-state index contributed by atoms with van der Waals surface area (Å²) < 4.78 is 27.6. The van der Waals surface area contributed by atoms with Gasteiger partial charge in [-0.3, -0.25) is 0 Å². The first-order chi connectivity index (χ1) is 8.53. The van der Waals surface area contributed by atoms with Crippen LogP contribution in [-0.2, 0) is 10.0 Å². The third kappa shape index (κ3) is 3.87. The summed E-state index contributed by atoms with van der Waals surface area (Å²) in [6.45, 7) is 2.27. The molecule has 8 heteroatoms. The second-order valence-corrected chi connectivity index (χ2v) is 6.68. The Morgan fingerprint density at radius 1 is 1.42 bits per heavy atom. The molecule has 0 saturated carbocycles. The standard InChI is InChI=1S/C11H15N3O2S2.ClH/c1-8(12-2)6-14-18(15,16)9-3-4-10-11(5-9)17-7-13-10;/h3-5,7-8,12,14H,6H2,1-2H3;1H. The van der Waals surface area contributed by atoms with E-state index >= 15 is 0 Å². The lowest BCUT2D eigenvalue weighted by Crippen LogP contribution is -2.37. The first-order valence-corrected chi connectivity index (χ1v) is 7.89. The van der Waals surface area contributed by atoms with Gasteiger partial charge in [-0.05, 0) is 32.2 Å². The molecule has 0 aliphatic carbocycles. The van der Waals surface area contributed by atoms with Crippen molar-refractivity contribution in [1.29, 1.82) is 0 Å². The number of fused-ring (bicyclic) bond motifs is 1. The summed E-state index contributed by atoms with van der Waals surface area (Å²) >= 11 is 1.43. The monoisotopic (exact) mass is 321 g/mol. The van der Waals surface area contributed by atoms with E-state index in [1.807, 2.05) is 6.92 Å². The van der Waals surface area contributed by atoms with Gasteiger partial charge in [0.1, 0.15) is 0 Å². The fourth-order valence-electron chi connectivity index (χ4n) is 1.42. The van der Waals surface area contributed by atoms with Gasteiger partial charge in [-0.25, -0.2) is 18.1 Å². The van der Waals surface area contributed by atoms with Crippen molar-refractivity contribution in [3.05, 3.63) is 23.7 Å². The lowest BCUT2D eigenvalue weighted by Gasteiger charge is -2.11. The number of nitrogens with zero attached hydrogens (tertiary/aromatic N) is 1. The molecule has 1 aromatic heterocycles. The number of thiazole rings is 1. The Kier molecular flexibility index (Phi) is 5.69. The van der Waals surface area contributed by atoms with Crippen LogP contribution in [0.5, 0.6) is 0 Å². The van der Waals surface area contributed by atoms with Crippen LogP contribution < -0.4 is 10.0 Å². The highest BCUT2D eigenvalue weighted by atomic mass is 35.5. The van der Waals surface area contributed by atoms with Gasteiger partial charge in [0.25, 0.3) is 0 Å². The van der Waals surface area contributed by atoms with Crippen LogP contribution in [0, 0.1) is 0 Å². The molecule has 0 saturated heterocycles. The van der Waals surface area contributed by atoms with Gasteiger partial charge >= 0.3 is 0 Å². The van der Waals surface area contributed by atoms with Gasteiger partial charge < -0.3 is 5.32 Å². The van der Waals surface area contributed by atoms with Crippen LogP contribution >= 0.6 is 23.7 Å². The number of rotatable bonds is 5. The Bertz CT molecular complexity index is 642. The summed E-state index contributed by atoms with van der Waals surface area (Å²) in [7, 11) is -1.65. The Balaban J connectivity index is 0.00000180. The summed E-state index contributed by atoms with van der Waals surface area (Å²) in [5.41, 5.74) is 2.53. The van der Waals surface area contributed by atoms with E-state index in [4.69, 9.17) is 0 Å². The van der Waals surface area contributed by atoms with E-state index in [-0.39, 0.29) is 23.3 Å². The minimum atomic E-state index is -3.45. The van der Waals surface area contributed by atoms with Crippen molar-refractivity contribution in [3.8, 4) is 0 Å². The van der Waals surface area contributed by atoms with E-state index in [1.165, 1.54) is 11.3 Å². The van der Waals surface area contributed by atoms with Gasteiger partial charge in [-0.15, -0.1) is 23.7 Å². The number of hydrogen-bond acceptors (Lipinski definition) is 5. The second kappa shape index (κ2) is 6.62. The Morgan fingerprint density at radius 2 is 2.16 bits per heavy atom. The molecular weight excluding hydrogens is 306 g/mol. The van der Waals surface area contributed by atoms with Crippen molar-refractivity contribution in [3.63, 3.8) is 0 Å². The predicted molar refractivity (Wildman–Crippen MR) is 80.6 cm³/mol. The van der Waals surface area contributed by atoms with Gasteiger partial charge in [0.05, 0.1) is 20.6 Å². The van der Waals surface area contributed by atoms with Crippen molar-refractivity contribution in [1.82, 2.24) is 15.0 Å². The zero-order chi connectivity index (χ0) is 13.2. The van der Waals surface area contributed by atoms with Crippen LogP contribution in [0.2, 0.25) is 0 Å². The van der Waals surface area contributed by atoms with Gasteiger partial charge in [-0.2, -0.15) is 0 Å². The van der Waals surface area contributed by atoms with E-state index < -0.39 is 10.0 Å². The summed E-state index contributed by atoms with van der Waals surface area (Å²) in [6.07, 6.45) is 0. The molecule has 1 unspecified atom stereocenters. The Morgan fingerprint density at radius 3 is 2.84 bits per heavy atom. The highest BCUT2D eigenvalue weighted by Crippen LogP contribution is 2.21. The molecule has 106 valence electrons. The highest BCUT2D eigenvalue weighted by molar-refractivity contribution is 7.89. The fraction of sp³-hybridized carbons (Fsp3) is 0.364. The molecule has 1 heterocycles. The first-order valence-electron chi connectivity index (χ1n) is 5.53. The lowest BCUT2D eigenvalue weighted by molar-refractivity contribution is 0.554. The molecule has 1 aromatic carbocycles. The molecule has 0 amide bonds. The topological polar surface area (TPSA) is 71.1 Å². The number of nitrogens with one attached hydrogen (secondary N) is 2. The molecular formula is C11H16ClN3O2S2.